The molecular formula is C9H10N2O. The quantitative estimate of drug-likeness (QED) is 0.669. The summed E-state index contributed by atoms with van der Waals surface area (Å²) < 4.78 is 0. The number of nitrogens with zero attached hydrogens (tertiary/aromatic N) is 1. The predicted octanol–water partition coefficient (Wildman–Crippen LogP) is 1.62. The number of aromatic nitrogens is 2. The predicted molar refractivity (Wildman–Crippen MR) is 46.7 cm³/mol. The van der Waals surface area contributed by atoms with Crippen LogP contribution < -0.4 is 0 Å². The van der Waals surface area contributed by atoms with Crippen LogP contribution in [0.1, 0.15) is 18.7 Å². The molecule has 1 atom stereocenters. The fraction of sp³-hybridized carbons (Fsp3) is 0.222. The van der Waals surface area contributed by atoms with Gasteiger partial charge in [-0.2, -0.15) is 0 Å². The number of rotatable bonds is 1. The molecule has 62 valence electrons. The van der Waals surface area contributed by atoms with E-state index < -0.39 is 6.10 Å². The lowest BCUT2D eigenvalue weighted by Crippen LogP contribution is -1.89. The molecule has 2 N–H and O–H groups in total. The Morgan fingerprint density at radius 3 is 3.08 bits per heavy atom. The first kappa shape index (κ1) is 7.31. The van der Waals surface area contributed by atoms with Crippen LogP contribution in [0.25, 0.3) is 10.9 Å². The zero-order valence-electron chi connectivity index (χ0n) is 6.78. The van der Waals surface area contributed by atoms with Crippen LogP contribution in [0.5, 0.6) is 0 Å². The van der Waals surface area contributed by atoms with Crippen LogP contribution in [0.2, 0.25) is 0 Å². The van der Waals surface area contributed by atoms with Crippen molar-refractivity contribution >= 4 is 10.9 Å². The van der Waals surface area contributed by atoms with Crippen LogP contribution in [-0.2, 0) is 0 Å². The molecule has 0 saturated carbocycles. The first-order chi connectivity index (χ1) is 5.77. The van der Waals surface area contributed by atoms with Gasteiger partial charge < -0.3 is 10.1 Å². The maximum Gasteiger partial charge on any atom is 0.0910 e. The van der Waals surface area contributed by atoms with Crippen molar-refractivity contribution in [1.29, 1.82) is 0 Å². The van der Waals surface area contributed by atoms with Gasteiger partial charge in [0.1, 0.15) is 0 Å². The minimum atomic E-state index is -0.447. The summed E-state index contributed by atoms with van der Waals surface area (Å²) in [5.41, 5.74) is 1.80. The molecule has 2 rings (SSSR count). The highest BCUT2D eigenvalue weighted by Crippen LogP contribution is 2.17. The first-order valence-electron chi connectivity index (χ1n) is 3.88. The van der Waals surface area contributed by atoms with Gasteiger partial charge in [-0.3, -0.25) is 4.98 Å². The molecule has 0 aliphatic rings. The van der Waals surface area contributed by atoms with Crippen molar-refractivity contribution in [3.05, 3.63) is 30.2 Å². The minimum absolute atomic E-state index is 0.447. The molecule has 0 saturated heterocycles. The van der Waals surface area contributed by atoms with E-state index in [4.69, 9.17) is 0 Å². The Morgan fingerprint density at radius 1 is 1.58 bits per heavy atom. The second-order valence-electron chi connectivity index (χ2n) is 2.86. The Kier molecular flexibility index (Phi) is 1.59. The molecule has 0 aliphatic heterocycles. The number of H-pyrrole nitrogens is 1. The molecule has 0 fully saturated rings. The summed E-state index contributed by atoms with van der Waals surface area (Å²) in [5.74, 6) is 0. The number of aliphatic hydroxyl groups is 1. The standard InChI is InChI=1S/C9H10N2O/c1-6(12)8-4-7-2-3-10-5-9(7)11-8/h2-6,11-12H,1H3. The fourth-order valence-corrected chi connectivity index (χ4v) is 1.22. The van der Waals surface area contributed by atoms with Gasteiger partial charge in [-0.1, -0.05) is 0 Å². The zero-order chi connectivity index (χ0) is 8.55. The first-order valence-corrected chi connectivity index (χ1v) is 3.88. The molecule has 2 aromatic rings. The van der Waals surface area contributed by atoms with Crippen molar-refractivity contribution in [2.75, 3.05) is 0 Å². The molecular weight excluding hydrogens is 152 g/mol. The van der Waals surface area contributed by atoms with E-state index in [0.29, 0.717) is 0 Å². The third kappa shape index (κ3) is 1.08. The highest BCUT2D eigenvalue weighted by Gasteiger charge is 2.04. The van der Waals surface area contributed by atoms with Gasteiger partial charge in [0.05, 0.1) is 17.8 Å². The van der Waals surface area contributed by atoms with Crippen molar-refractivity contribution in [2.45, 2.75) is 13.0 Å². The molecule has 0 spiro atoms. The van der Waals surface area contributed by atoms with Gasteiger partial charge in [0.2, 0.25) is 0 Å². The summed E-state index contributed by atoms with van der Waals surface area (Å²) >= 11 is 0. The van der Waals surface area contributed by atoms with Gasteiger partial charge in [0, 0.05) is 17.3 Å². The summed E-state index contributed by atoms with van der Waals surface area (Å²) in [7, 11) is 0. The molecule has 0 radical (unpaired) electrons. The van der Waals surface area contributed by atoms with Crippen LogP contribution >= 0.6 is 0 Å². The summed E-state index contributed by atoms with van der Waals surface area (Å²) in [6, 6.07) is 3.85. The average molecular weight is 162 g/mol. The lowest BCUT2D eigenvalue weighted by Gasteiger charge is -1.96. The average Bonchev–Trinajstić information content (AvgIpc) is 2.46. The number of hydrogen-bond acceptors (Lipinski definition) is 2. The van der Waals surface area contributed by atoms with E-state index in [9.17, 15) is 5.11 Å². The molecule has 2 heterocycles. The van der Waals surface area contributed by atoms with Gasteiger partial charge in [0.15, 0.2) is 0 Å². The number of fused-ring (bicyclic) bond motifs is 1. The second kappa shape index (κ2) is 2.60. The number of nitrogens with one attached hydrogen (secondary N) is 1. The summed E-state index contributed by atoms with van der Waals surface area (Å²) in [5, 5.41) is 10.4. The molecule has 0 amide bonds. The van der Waals surface area contributed by atoms with Gasteiger partial charge in [-0.15, -0.1) is 0 Å². The summed E-state index contributed by atoms with van der Waals surface area (Å²) in [6.07, 6.45) is 3.04. The highest BCUT2D eigenvalue weighted by molar-refractivity contribution is 5.79. The Hall–Kier alpha value is -1.35. The van der Waals surface area contributed by atoms with E-state index >= 15 is 0 Å². The normalized spacial score (nSPS) is 13.5. The van der Waals surface area contributed by atoms with Crippen LogP contribution in [-0.4, -0.2) is 15.1 Å². The van der Waals surface area contributed by atoms with E-state index in [1.165, 1.54) is 0 Å². The Labute approximate surface area is 70.1 Å². The Morgan fingerprint density at radius 2 is 2.42 bits per heavy atom. The molecule has 1 unspecified atom stereocenters. The summed E-state index contributed by atoms with van der Waals surface area (Å²) in [6.45, 7) is 1.73. The molecule has 3 heteroatoms. The van der Waals surface area contributed by atoms with Crippen molar-refractivity contribution in [1.82, 2.24) is 9.97 Å². The molecule has 0 bridgehead atoms. The maximum atomic E-state index is 9.27. The number of aromatic amines is 1. The highest BCUT2D eigenvalue weighted by atomic mass is 16.3. The molecule has 3 nitrogen and oxygen atoms in total. The monoisotopic (exact) mass is 162 g/mol. The van der Waals surface area contributed by atoms with Crippen LogP contribution in [0, 0.1) is 0 Å². The Bertz CT molecular complexity index is 359. The molecule has 0 aliphatic carbocycles. The van der Waals surface area contributed by atoms with Gasteiger partial charge in [0.25, 0.3) is 0 Å². The van der Waals surface area contributed by atoms with Crippen LogP contribution in [0.15, 0.2) is 24.5 Å². The van der Waals surface area contributed by atoms with Crippen molar-refractivity contribution < 1.29 is 5.11 Å². The smallest absolute Gasteiger partial charge is 0.0910 e. The second-order valence-corrected chi connectivity index (χ2v) is 2.86. The van der Waals surface area contributed by atoms with Gasteiger partial charge >= 0.3 is 0 Å². The van der Waals surface area contributed by atoms with E-state index in [1.807, 2.05) is 12.1 Å². The van der Waals surface area contributed by atoms with Crippen molar-refractivity contribution in [3.63, 3.8) is 0 Å². The zero-order valence-corrected chi connectivity index (χ0v) is 6.78. The van der Waals surface area contributed by atoms with E-state index in [2.05, 4.69) is 9.97 Å². The molecule has 12 heavy (non-hydrogen) atoms. The summed E-state index contributed by atoms with van der Waals surface area (Å²) in [4.78, 5) is 7.06. The van der Waals surface area contributed by atoms with E-state index in [0.717, 1.165) is 16.6 Å². The number of aliphatic hydroxyl groups excluding tert-OH is 1. The lowest BCUT2D eigenvalue weighted by atomic mass is 10.2. The minimum Gasteiger partial charge on any atom is -0.387 e. The van der Waals surface area contributed by atoms with Gasteiger partial charge in [-0.25, -0.2) is 0 Å². The van der Waals surface area contributed by atoms with Crippen LogP contribution in [0.4, 0.5) is 0 Å². The fourth-order valence-electron chi connectivity index (χ4n) is 1.22. The van der Waals surface area contributed by atoms with Gasteiger partial charge in [-0.05, 0) is 19.1 Å². The van der Waals surface area contributed by atoms with E-state index in [1.54, 1.807) is 19.3 Å². The molecule has 2 aromatic heterocycles. The largest absolute Gasteiger partial charge is 0.387 e. The topological polar surface area (TPSA) is 48.9 Å². The van der Waals surface area contributed by atoms with Crippen LogP contribution in [0.3, 0.4) is 0 Å². The number of hydrogen-bond donors (Lipinski definition) is 2. The SMILES string of the molecule is CC(O)c1cc2ccncc2[nH]1. The third-order valence-corrected chi connectivity index (χ3v) is 1.89. The third-order valence-electron chi connectivity index (χ3n) is 1.89. The van der Waals surface area contributed by atoms with Crippen molar-refractivity contribution in [3.8, 4) is 0 Å². The van der Waals surface area contributed by atoms with Crippen molar-refractivity contribution in [2.24, 2.45) is 0 Å². The lowest BCUT2D eigenvalue weighted by molar-refractivity contribution is 0.195. The van der Waals surface area contributed by atoms with E-state index in [-0.39, 0.29) is 0 Å². The molecule has 0 aromatic carbocycles. The Balaban J connectivity index is 2.62. The number of pyridine rings is 1. The maximum absolute atomic E-state index is 9.27.